The highest BCUT2D eigenvalue weighted by Gasteiger charge is 2.31. The molecule has 1 heterocycles. The number of nitrogens with zero attached hydrogens (tertiary/aromatic N) is 1. The van der Waals surface area contributed by atoms with E-state index in [1.165, 1.54) is 35.3 Å². The zero-order valence-electron chi connectivity index (χ0n) is 25.2. The number of rotatable bonds is 10. The average Bonchev–Trinajstić information content (AvgIpc) is 3.25. The van der Waals surface area contributed by atoms with Crippen molar-refractivity contribution < 1.29 is 42.1 Å². The summed E-state index contributed by atoms with van der Waals surface area (Å²) in [6, 6.07) is 8.13. The Bertz CT molecular complexity index is 1470. The number of aldehydes is 1. The second-order valence-electron chi connectivity index (χ2n) is 8.61. The van der Waals surface area contributed by atoms with Gasteiger partial charge in [-0.3, -0.25) is 4.79 Å². The van der Waals surface area contributed by atoms with Crippen molar-refractivity contribution in [3.63, 3.8) is 0 Å². The van der Waals surface area contributed by atoms with Gasteiger partial charge in [0.25, 0.3) is 0 Å². The summed E-state index contributed by atoms with van der Waals surface area (Å²) in [5.41, 5.74) is 2.74. The number of benzene rings is 2. The van der Waals surface area contributed by atoms with Crippen LogP contribution in [0.25, 0.3) is 16.6 Å². The number of allylic oxidation sites excluding steroid dienone is 4. The third kappa shape index (κ3) is 10.6. The van der Waals surface area contributed by atoms with Gasteiger partial charge in [0.05, 0.1) is 17.6 Å². The van der Waals surface area contributed by atoms with Crippen molar-refractivity contribution in [1.29, 1.82) is 0 Å². The number of methoxy groups -OCH3 is 1. The molecule has 0 fully saturated rings. The Morgan fingerprint density at radius 2 is 1.81 bits per heavy atom. The average molecular weight is 624 g/mol. The molecule has 2 aromatic carbocycles. The molecule has 1 N–H and O–H groups in total. The van der Waals surface area contributed by atoms with Crippen LogP contribution in [-0.2, 0) is 9.53 Å². The largest absolute Gasteiger partial charge is 0.573 e. The van der Waals surface area contributed by atoms with Gasteiger partial charge in [0.2, 0.25) is 0 Å². The molecular formula is C32H37ClF3NO6. The number of carboxylic acid groups (broad SMARTS) is 1. The molecule has 7 nitrogen and oxygen atoms in total. The van der Waals surface area contributed by atoms with Gasteiger partial charge in [-0.25, -0.2) is 4.79 Å². The van der Waals surface area contributed by atoms with Gasteiger partial charge in [0.15, 0.2) is 12.4 Å². The first-order chi connectivity index (χ1) is 20.3. The van der Waals surface area contributed by atoms with Gasteiger partial charge < -0.3 is 23.9 Å². The van der Waals surface area contributed by atoms with Gasteiger partial charge in [-0.05, 0) is 57.5 Å². The summed E-state index contributed by atoms with van der Waals surface area (Å²) in [6.45, 7) is 14.8. The lowest BCUT2D eigenvalue weighted by atomic mass is 10.1. The second-order valence-corrected chi connectivity index (χ2v) is 9.02. The first kappa shape index (κ1) is 36.8. The van der Waals surface area contributed by atoms with Crippen LogP contribution in [0.1, 0.15) is 57.1 Å². The van der Waals surface area contributed by atoms with Crippen molar-refractivity contribution in [3.05, 3.63) is 88.8 Å². The number of fused-ring (bicyclic) bond motifs is 1. The van der Waals surface area contributed by atoms with Crippen molar-refractivity contribution in [2.24, 2.45) is 0 Å². The van der Waals surface area contributed by atoms with Gasteiger partial charge >= 0.3 is 12.3 Å². The number of ether oxygens (including phenoxy) is 3. The van der Waals surface area contributed by atoms with Crippen LogP contribution in [0.3, 0.4) is 0 Å². The van der Waals surface area contributed by atoms with Crippen molar-refractivity contribution in [1.82, 2.24) is 4.57 Å². The maximum absolute atomic E-state index is 12.6. The smallest absolute Gasteiger partial charge is 0.497 e. The van der Waals surface area contributed by atoms with Crippen LogP contribution in [0, 0.1) is 6.92 Å². The Balaban J connectivity index is 0.000000602. The second kappa shape index (κ2) is 17.1. The van der Waals surface area contributed by atoms with Crippen LogP contribution in [0.15, 0.2) is 72.5 Å². The Labute approximate surface area is 254 Å². The Morgan fingerprint density at radius 1 is 1.16 bits per heavy atom. The molecule has 3 rings (SSSR count). The van der Waals surface area contributed by atoms with Crippen LogP contribution in [0.5, 0.6) is 11.5 Å². The molecular weight excluding hydrogens is 587 g/mol. The van der Waals surface area contributed by atoms with E-state index in [1.54, 1.807) is 20.1 Å². The summed E-state index contributed by atoms with van der Waals surface area (Å²) in [6.07, 6.45) is 1.58. The summed E-state index contributed by atoms with van der Waals surface area (Å²) < 4.78 is 53.7. The van der Waals surface area contributed by atoms with Crippen LogP contribution in [0.4, 0.5) is 13.2 Å². The lowest BCUT2D eigenvalue weighted by Crippen LogP contribution is -2.23. The molecule has 0 amide bonds. The molecule has 0 saturated carbocycles. The Kier molecular flexibility index (Phi) is 14.6. The SMILES string of the molecule is C=C(/C=C\C(=C/C)CC)OC.CC.Cc1c(C=O)c2ccc(OC(F)(F)F)cc2n1-c1ccc(Cl)c(O[C@@H](C)C(=O)O)c1. The topological polar surface area (TPSA) is 87.0 Å². The van der Waals surface area contributed by atoms with Gasteiger partial charge in [-0.15, -0.1) is 13.2 Å². The minimum Gasteiger partial charge on any atom is -0.497 e. The maximum atomic E-state index is 12.6. The molecule has 0 aliphatic carbocycles. The van der Waals surface area contributed by atoms with Crippen LogP contribution < -0.4 is 9.47 Å². The van der Waals surface area contributed by atoms with Crippen molar-refractivity contribution in [2.75, 3.05) is 7.11 Å². The van der Waals surface area contributed by atoms with Gasteiger partial charge in [0, 0.05) is 34.5 Å². The van der Waals surface area contributed by atoms with E-state index >= 15 is 0 Å². The standard InChI is InChI=1S/C20H15ClF3NO5.C10H16O.C2H6/c1-10-15(9-26)14-5-4-13(30-20(22,23)24)8-17(14)25(10)12-3-6-16(21)18(7-12)29-11(2)19(27)28;1-5-10(6-2)8-7-9(3)11-4;1-2/h3-9,11H,1-2H3,(H,27,28);5,7-8H,3,6H2,1-2,4H3;1-2H3/b;8-7-,10-5-;/t11-;;/m0../s1. The lowest BCUT2D eigenvalue weighted by molar-refractivity contribution is -0.274. The minimum absolute atomic E-state index is 0.0701. The third-order valence-corrected chi connectivity index (χ3v) is 6.24. The predicted octanol–water partition coefficient (Wildman–Crippen LogP) is 9.24. The number of carboxylic acids is 1. The van der Waals surface area contributed by atoms with E-state index in [2.05, 4.69) is 24.3 Å². The highest BCUT2D eigenvalue weighted by Crippen LogP contribution is 2.35. The monoisotopic (exact) mass is 623 g/mol. The fourth-order valence-electron chi connectivity index (χ4n) is 3.75. The first-order valence-electron chi connectivity index (χ1n) is 13.4. The number of aromatic nitrogens is 1. The van der Waals surface area contributed by atoms with E-state index in [0.29, 0.717) is 34.4 Å². The fraction of sp³-hybridized carbons (Fsp3) is 0.312. The van der Waals surface area contributed by atoms with Gasteiger partial charge in [-0.1, -0.05) is 56.7 Å². The molecule has 3 aromatic rings. The molecule has 0 aliphatic heterocycles. The molecule has 43 heavy (non-hydrogen) atoms. The fourth-order valence-corrected chi connectivity index (χ4v) is 3.91. The Morgan fingerprint density at radius 3 is 2.33 bits per heavy atom. The number of carbonyl (C=O) groups excluding carboxylic acids is 1. The number of hydrogen-bond donors (Lipinski definition) is 1. The molecule has 11 heteroatoms. The first-order valence-corrected chi connectivity index (χ1v) is 13.8. The summed E-state index contributed by atoms with van der Waals surface area (Å²) in [7, 11) is 1.62. The molecule has 0 radical (unpaired) electrons. The van der Waals surface area contributed by atoms with E-state index in [9.17, 15) is 22.8 Å². The zero-order valence-corrected chi connectivity index (χ0v) is 26.0. The quantitative estimate of drug-likeness (QED) is 0.138. The van der Waals surface area contributed by atoms with Crippen LogP contribution in [0.2, 0.25) is 5.02 Å². The highest BCUT2D eigenvalue weighted by molar-refractivity contribution is 6.32. The lowest BCUT2D eigenvalue weighted by Gasteiger charge is -2.15. The van der Waals surface area contributed by atoms with Crippen LogP contribution in [-0.4, -0.2) is 41.5 Å². The number of halogens is 4. The molecule has 1 atom stereocenters. The summed E-state index contributed by atoms with van der Waals surface area (Å²) >= 11 is 6.09. The molecule has 0 bridgehead atoms. The van der Waals surface area contributed by atoms with Crippen molar-refractivity contribution in [3.8, 4) is 17.2 Å². The molecule has 0 saturated heterocycles. The van der Waals surface area contributed by atoms with Gasteiger partial charge in [-0.2, -0.15) is 0 Å². The van der Waals surface area contributed by atoms with Crippen LogP contribution >= 0.6 is 11.6 Å². The number of carbonyl (C=O) groups is 2. The summed E-state index contributed by atoms with van der Waals surface area (Å²) in [5.74, 6) is -0.883. The van der Waals surface area contributed by atoms with E-state index < -0.39 is 24.2 Å². The number of aliphatic carboxylic acids is 1. The van der Waals surface area contributed by atoms with E-state index in [0.717, 1.165) is 18.6 Å². The molecule has 1 aromatic heterocycles. The molecule has 234 valence electrons. The Hall–Kier alpha value is -4.18. The summed E-state index contributed by atoms with van der Waals surface area (Å²) in [4.78, 5) is 22.7. The maximum Gasteiger partial charge on any atom is 0.573 e. The van der Waals surface area contributed by atoms with Crippen molar-refractivity contribution >= 4 is 34.8 Å². The molecule has 0 aliphatic rings. The van der Waals surface area contributed by atoms with Crippen molar-refractivity contribution in [2.45, 2.75) is 60.4 Å². The van der Waals surface area contributed by atoms with E-state index in [1.807, 2.05) is 32.9 Å². The van der Waals surface area contributed by atoms with Gasteiger partial charge in [0.1, 0.15) is 17.3 Å². The highest BCUT2D eigenvalue weighted by atomic mass is 35.5. The van der Waals surface area contributed by atoms with E-state index in [4.69, 9.17) is 26.2 Å². The molecule has 0 unspecified atom stereocenters. The third-order valence-electron chi connectivity index (χ3n) is 5.93. The zero-order chi connectivity index (χ0) is 32.9. The minimum atomic E-state index is -4.87. The number of hydrogen-bond acceptors (Lipinski definition) is 5. The normalized spacial score (nSPS) is 12.0. The summed E-state index contributed by atoms with van der Waals surface area (Å²) in [5, 5.41) is 9.62. The van der Waals surface area contributed by atoms with E-state index in [-0.39, 0.29) is 16.3 Å². The predicted molar refractivity (Wildman–Crippen MR) is 164 cm³/mol. The molecule has 0 spiro atoms. The number of alkyl halides is 3.